The normalized spacial score (nSPS) is 11.4. The monoisotopic (exact) mass is 488 g/mol. The van der Waals surface area contributed by atoms with Crippen LogP contribution in [0.2, 0.25) is 0 Å². The second kappa shape index (κ2) is 13.9. The molecule has 0 aliphatic heterocycles. The summed E-state index contributed by atoms with van der Waals surface area (Å²) in [5.41, 5.74) is 3.15. The summed E-state index contributed by atoms with van der Waals surface area (Å²) in [6.07, 6.45) is 1.28. The van der Waals surface area contributed by atoms with Gasteiger partial charge in [-0.3, -0.25) is 9.59 Å². The molecule has 0 fully saturated rings. The summed E-state index contributed by atoms with van der Waals surface area (Å²) in [5.74, 6) is 1.28. The number of amides is 2. The quantitative estimate of drug-likeness (QED) is 0.346. The van der Waals surface area contributed by atoms with E-state index in [1.807, 2.05) is 92.7 Å². The summed E-state index contributed by atoms with van der Waals surface area (Å²) < 4.78 is 11.0. The van der Waals surface area contributed by atoms with Gasteiger partial charge in [0, 0.05) is 25.9 Å². The van der Waals surface area contributed by atoms with Crippen molar-refractivity contribution in [1.29, 1.82) is 0 Å². The summed E-state index contributed by atoms with van der Waals surface area (Å²) in [7, 11) is 1.62. The van der Waals surface area contributed by atoms with Crippen LogP contribution in [0.25, 0.3) is 0 Å². The first-order valence-electron chi connectivity index (χ1n) is 12.4. The summed E-state index contributed by atoms with van der Waals surface area (Å²) in [4.78, 5) is 28.4. The van der Waals surface area contributed by atoms with E-state index in [1.54, 1.807) is 12.0 Å². The number of carbonyl (C=O) groups is 2. The number of aryl methyl sites for hydroxylation is 1. The Kier molecular flexibility index (Phi) is 10.4. The van der Waals surface area contributed by atoms with E-state index in [2.05, 4.69) is 5.32 Å². The van der Waals surface area contributed by atoms with Crippen molar-refractivity contribution in [2.45, 2.75) is 45.7 Å². The van der Waals surface area contributed by atoms with E-state index in [-0.39, 0.29) is 18.2 Å². The van der Waals surface area contributed by atoms with Gasteiger partial charge in [0.2, 0.25) is 11.8 Å². The molecule has 0 aromatic heterocycles. The molecule has 0 heterocycles. The van der Waals surface area contributed by atoms with Crippen LogP contribution < -0.4 is 14.8 Å². The molecule has 0 saturated carbocycles. The number of nitrogens with one attached hydrogen (secondary N) is 1. The largest absolute Gasteiger partial charge is 0.497 e. The Bertz CT molecular complexity index is 1080. The molecule has 3 aromatic carbocycles. The van der Waals surface area contributed by atoms with Gasteiger partial charge in [-0.15, -0.1) is 0 Å². The Morgan fingerprint density at radius 1 is 0.889 bits per heavy atom. The summed E-state index contributed by atoms with van der Waals surface area (Å²) in [6.45, 7) is 5.20. The maximum Gasteiger partial charge on any atom is 0.243 e. The first kappa shape index (κ1) is 26.8. The van der Waals surface area contributed by atoms with Crippen LogP contribution in [-0.4, -0.2) is 43.0 Å². The summed E-state index contributed by atoms with van der Waals surface area (Å²) >= 11 is 0. The Labute approximate surface area is 214 Å². The molecule has 6 nitrogen and oxygen atoms in total. The fourth-order valence-electron chi connectivity index (χ4n) is 3.97. The topological polar surface area (TPSA) is 67.9 Å². The van der Waals surface area contributed by atoms with Gasteiger partial charge >= 0.3 is 0 Å². The van der Waals surface area contributed by atoms with Gasteiger partial charge in [0.15, 0.2) is 0 Å². The minimum absolute atomic E-state index is 0.0684. The molecule has 0 saturated heterocycles. The lowest BCUT2D eigenvalue weighted by molar-refractivity contribution is -0.141. The van der Waals surface area contributed by atoms with Crippen LogP contribution >= 0.6 is 0 Å². The first-order valence-corrected chi connectivity index (χ1v) is 12.4. The third kappa shape index (κ3) is 8.15. The van der Waals surface area contributed by atoms with Gasteiger partial charge in [0.25, 0.3) is 0 Å². The predicted octanol–water partition coefficient (Wildman–Crippen LogP) is 4.94. The van der Waals surface area contributed by atoms with Crippen molar-refractivity contribution in [2.75, 3.05) is 20.3 Å². The number of nitrogens with zero attached hydrogens (tertiary/aromatic N) is 1. The van der Waals surface area contributed by atoms with E-state index in [1.165, 1.54) is 0 Å². The van der Waals surface area contributed by atoms with Crippen LogP contribution in [0.4, 0.5) is 0 Å². The lowest BCUT2D eigenvalue weighted by Gasteiger charge is -2.31. The van der Waals surface area contributed by atoms with Crippen molar-refractivity contribution in [3.63, 3.8) is 0 Å². The Balaban J connectivity index is 1.73. The number of rotatable bonds is 13. The van der Waals surface area contributed by atoms with Gasteiger partial charge in [-0.05, 0) is 55.7 Å². The van der Waals surface area contributed by atoms with Crippen LogP contribution in [0.15, 0.2) is 78.9 Å². The van der Waals surface area contributed by atoms with E-state index >= 15 is 0 Å². The Morgan fingerprint density at radius 2 is 1.56 bits per heavy atom. The Morgan fingerprint density at radius 3 is 2.19 bits per heavy atom. The van der Waals surface area contributed by atoms with Crippen molar-refractivity contribution in [1.82, 2.24) is 10.2 Å². The highest BCUT2D eigenvalue weighted by Gasteiger charge is 2.29. The summed E-state index contributed by atoms with van der Waals surface area (Å²) in [5, 5.41) is 2.93. The predicted molar refractivity (Wildman–Crippen MR) is 142 cm³/mol. The lowest BCUT2D eigenvalue weighted by atomic mass is 10.0. The SMILES string of the molecule is CCNC(=O)[C@H](Cc1ccccc1)N(Cc1ccc(C)cc1)C(=O)CCCOc1ccc(OC)cc1. The number of ether oxygens (including phenoxy) is 2. The molecular weight excluding hydrogens is 452 g/mol. The van der Waals surface area contributed by atoms with Gasteiger partial charge in [0.1, 0.15) is 17.5 Å². The molecule has 36 heavy (non-hydrogen) atoms. The van der Waals surface area contributed by atoms with Crippen LogP contribution in [-0.2, 0) is 22.6 Å². The second-order valence-electron chi connectivity index (χ2n) is 8.73. The average Bonchev–Trinajstić information content (AvgIpc) is 2.90. The van der Waals surface area contributed by atoms with Gasteiger partial charge in [-0.2, -0.15) is 0 Å². The highest BCUT2D eigenvalue weighted by molar-refractivity contribution is 5.88. The molecule has 6 heteroatoms. The summed E-state index contributed by atoms with van der Waals surface area (Å²) in [6, 6.07) is 24.7. The van der Waals surface area contributed by atoms with E-state index in [4.69, 9.17) is 9.47 Å². The third-order valence-electron chi connectivity index (χ3n) is 5.96. The second-order valence-corrected chi connectivity index (χ2v) is 8.73. The highest BCUT2D eigenvalue weighted by Crippen LogP contribution is 2.19. The van der Waals surface area contributed by atoms with Gasteiger partial charge in [-0.25, -0.2) is 0 Å². The van der Waals surface area contributed by atoms with Gasteiger partial charge < -0.3 is 19.7 Å². The molecule has 0 aliphatic carbocycles. The zero-order chi connectivity index (χ0) is 25.8. The number of benzene rings is 3. The molecule has 190 valence electrons. The zero-order valence-corrected chi connectivity index (χ0v) is 21.4. The fraction of sp³-hybridized carbons (Fsp3) is 0.333. The number of hydrogen-bond donors (Lipinski definition) is 1. The minimum atomic E-state index is -0.608. The lowest BCUT2D eigenvalue weighted by Crippen LogP contribution is -2.50. The average molecular weight is 489 g/mol. The highest BCUT2D eigenvalue weighted by atomic mass is 16.5. The molecule has 1 N–H and O–H groups in total. The van der Waals surface area contributed by atoms with E-state index in [0.717, 1.165) is 28.2 Å². The van der Waals surface area contributed by atoms with Crippen molar-refractivity contribution in [3.05, 3.63) is 95.6 Å². The van der Waals surface area contributed by atoms with Crippen LogP contribution in [0.5, 0.6) is 11.5 Å². The molecule has 1 atom stereocenters. The van der Waals surface area contributed by atoms with Crippen molar-refractivity contribution < 1.29 is 19.1 Å². The molecule has 0 unspecified atom stereocenters. The molecule has 3 aromatic rings. The van der Waals surface area contributed by atoms with Gasteiger partial charge in [0.05, 0.1) is 13.7 Å². The smallest absolute Gasteiger partial charge is 0.243 e. The van der Waals surface area contributed by atoms with E-state index in [0.29, 0.717) is 32.5 Å². The van der Waals surface area contributed by atoms with Gasteiger partial charge in [-0.1, -0.05) is 60.2 Å². The Hall–Kier alpha value is -3.80. The van der Waals surface area contributed by atoms with Crippen LogP contribution in [0, 0.1) is 6.92 Å². The van der Waals surface area contributed by atoms with Crippen molar-refractivity contribution in [3.8, 4) is 11.5 Å². The molecule has 2 amide bonds. The molecule has 3 rings (SSSR count). The third-order valence-corrected chi connectivity index (χ3v) is 5.96. The van der Waals surface area contributed by atoms with E-state index < -0.39 is 6.04 Å². The standard InChI is InChI=1S/C30H36N2O4/c1-4-31-30(34)28(21-24-9-6-5-7-10-24)32(22-25-14-12-23(2)13-15-25)29(33)11-8-20-36-27-18-16-26(35-3)17-19-27/h5-7,9-10,12-19,28H,4,8,11,20-22H2,1-3H3,(H,31,34)/t28-/m0/s1. The maximum atomic E-state index is 13.5. The molecular formula is C30H36N2O4. The van der Waals surface area contributed by atoms with Crippen molar-refractivity contribution in [2.24, 2.45) is 0 Å². The van der Waals surface area contributed by atoms with Crippen LogP contribution in [0.1, 0.15) is 36.5 Å². The van der Waals surface area contributed by atoms with Crippen molar-refractivity contribution >= 4 is 11.8 Å². The molecule has 0 radical (unpaired) electrons. The first-order chi connectivity index (χ1) is 17.5. The maximum absolute atomic E-state index is 13.5. The fourth-order valence-corrected chi connectivity index (χ4v) is 3.97. The number of carbonyl (C=O) groups excluding carboxylic acids is 2. The number of likely N-dealkylation sites (N-methyl/N-ethyl adjacent to an activating group) is 1. The number of hydrogen-bond acceptors (Lipinski definition) is 4. The van der Waals surface area contributed by atoms with E-state index in [9.17, 15) is 9.59 Å². The minimum Gasteiger partial charge on any atom is -0.497 e. The van der Waals surface area contributed by atoms with Crippen LogP contribution in [0.3, 0.4) is 0 Å². The zero-order valence-electron chi connectivity index (χ0n) is 21.4. The molecule has 0 spiro atoms. The molecule has 0 bridgehead atoms. The number of methoxy groups -OCH3 is 1. The molecule has 0 aliphatic rings.